The van der Waals surface area contributed by atoms with Gasteiger partial charge in [-0.2, -0.15) is 5.10 Å². The molecule has 2 heterocycles. The molecule has 1 aromatic rings. The van der Waals surface area contributed by atoms with Crippen molar-refractivity contribution in [1.29, 1.82) is 0 Å². The Balaban J connectivity index is 2.28. The maximum Gasteiger partial charge on any atom is 0.333 e. The predicted octanol–water partition coefficient (Wildman–Crippen LogP) is 2.36. The van der Waals surface area contributed by atoms with E-state index < -0.39 is 0 Å². The molecule has 0 aromatic carbocycles. The van der Waals surface area contributed by atoms with Crippen molar-refractivity contribution in [3.63, 3.8) is 0 Å². The molecule has 0 saturated carbocycles. The maximum absolute atomic E-state index is 11.3. The minimum absolute atomic E-state index is 0.0121. The van der Waals surface area contributed by atoms with Crippen molar-refractivity contribution in [2.24, 2.45) is 7.05 Å². The van der Waals surface area contributed by atoms with E-state index in [1.807, 2.05) is 0 Å². The van der Waals surface area contributed by atoms with Crippen molar-refractivity contribution < 1.29 is 4.92 Å². The van der Waals surface area contributed by atoms with Crippen LogP contribution < -0.4 is 10.6 Å². The molecule has 1 aromatic heterocycles. The van der Waals surface area contributed by atoms with Gasteiger partial charge in [-0.1, -0.05) is 0 Å². The highest BCUT2D eigenvalue weighted by Gasteiger charge is 2.39. The number of piperidine rings is 1. The number of anilines is 1. The summed E-state index contributed by atoms with van der Waals surface area (Å²) in [7, 11) is 1.74. The fraction of sp³-hybridized carbons (Fsp3) is 0.786. The van der Waals surface area contributed by atoms with Crippen LogP contribution in [0.2, 0.25) is 0 Å². The summed E-state index contributed by atoms with van der Waals surface area (Å²) in [6, 6.07) is 0.171. The fourth-order valence-corrected chi connectivity index (χ4v) is 3.65. The second kappa shape index (κ2) is 4.98. The van der Waals surface area contributed by atoms with Crippen molar-refractivity contribution in [1.82, 2.24) is 15.1 Å². The first kappa shape index (κ1) is 15.8. The number of nitrogens with one attached hydrogen (secondary N) is 2. The molecule has 0 bridgehead atoms. The zero-order valence-electron chi connectivity index (χ0n) is 13.6. The average Bonchev–Trinajstić information content (AvgIpc) is 2.48. The molecule has 1 fully saturated rings. The number of aryl methyl sites for hydroxylation is 2. The highest BCUT2D eigenvalue weighted by Crippen LogP contribution is 2.34. The maximum atomic E-state index is 11.3. The van der Waals surface area contributed by atoms with Crippen LogP contribution in [0.25, 0.3) is 0 Å². The van der Waals surface area contributed by atoms with Crippen LogP contribution in [0, 0.1) is 17.0 Å². The largest absolute Gasteiger partial charge is 0.362 e. The van der Waals surface area contributed by atoms with Gasteiger partial charge in [0.25, 0.3) is 0 Å². The van der Waals surface area contributed by atoms with E-state index in [0.717, 1.165) is 12.8 Å². The monoisotopic (exact) mass is 295 g/mol. The van der Waals surface area contributed by atoms with Crippen molar-refractivity contribution in [2.45, 2.75) is 64.6 Å². The van der Waals surface area contributed by atoms with Crippen LogP contribution in [0.15, 0.2) is 0 Å². The van der Waals surface area contributed by atoms with Crippen molar-refractivity contribution in [3.05, 3.63) is 15.8 Å². The summed E-state index contributed by atoms with van der Waals surface area (Å²) >= 11 is 0. The Labute approximate surface area is 125 Å². The summed E-state index contributed by atoms with van der Waals surface area (Å²) in [4.78, 5) is 10.9. The van der Waals surface area contributed by atoms with Gasteiger partial charge in [0.1, 0.15) is 5.69 Å². The molecule has 118 valence electrons. The van der Waals surface area contributed by atoms with Crippen LogP contribution in [0.4, 0.5) is 11.5 Å². The fourth-order valence-electron chi connectivity index (χ4n) is 3.65. The smallest absolute Gasteiger partial charge is 0.333 e. The Kier molecular flexibility index (Phi) is 3.73. The van der Waals surface area contributed by atoms with Gasteiger partial charge in [-0.25, -0.2) is 4.68 Å². The topological polar surface area (TPSA) is 85.0 Å². The summed E-state index contributed by atoms with van der Waals surface area (Å²) in [6.45, 7) is 10.3. The third-order valence-corrected chi connectivity index (χ3v) is 3.90. The first-order valence-electron chi connectivity index (χ1n) is 7.25. The van der Waals surface area contributed by atoms with Gasteiger partial charge in [0.15, 0.2) is 0 Å². The van der Waals surface area contributed by atoms with E-state index in [2.05, 4.69) is 43.4 Å². The van der Waals surface area contributed by atoms with Gasteiger partial charge in [0.2, 0.25) is 5.82 Å². The van der Waals surface area contributed by atoms with Gasteiger partial charge in [0.05, 0.1) is 4.92 Å². The van der Waals surface area contributed by atoms with Crippen molar-refractivity contribution in [3.8, 4) is 0 Å². The van der Waals surface area contributed by atoms with Crippen LogP contribution in [0.1, 0.15) is 46.2 Å². The minimum atomic E-state index is -0.359. The minimum Gasteiger partial charge on any atom is -0.362 e. The van der Waals surface area contributed by atoms with E-state index in [4.69, 9.17) is 0 Å². The second-order valence-corrected chi connectivity index (χ2v) is 7.31. The predicted molar refractivity (Wildman–Crippen MR) is 82.5 cm³/mol. The molecule has 7 nitrogen and oxygen atoms in total. The summed E-state index contributed by atoms with van der Waals surface area (Å²) in [5.74, 6) is 0.496. The van der Waals surface area contributed by atoms with E-state index in [9.17, 15) is 10.1 Å². The van der Waals surface area contributed by atoms with Crippen molar-refractivity contribution in [2.75, 3.05) is 5.32 Å². The standard InChI is InChI=1S/C14H25N5O2/c1-9-11(19(20)21)12(18(6)16-9)15-10-7-13(2,3)17-14(4,5)8-10/h10,15,17H,7-8H2,1-6H3. The molecule has 0 unspecified atom stereocenters. The molecule has 0 amide bonds. The Bertz CT molecular complexity index is 546. The Hall–Kier alpha value is -1.63. The number of nitro groups is 1. The molecule has 0 radical (unpaired) electrons. The Morgan fingerprint density at radius 1 is 1.33 bits per heavy atom. The van der Waals surface area contributed by atoms with E-state index in [1.165, 1.54) is 0 Å². The lowest BCUT2D eigenvalue weighted by atomic mass is 9.79. The third-order valence-electron chi connectivity index (χ3n) is 3.90. The highest BCUT2D eigenvalue weighted by atomic mass is 16.6. The van der Waals surface area contributed by atoms with Gasteiger partial charge in [-0.15, -0.1) is 0 Å². The summed E-state index contributed by atoms with van der Waals surface area (Å²) in [5.41, 5.74) is 0.494. The van der Waals surface area contributed by atoms with Crippen LogP contribution >= 0.6 is 0 Å². The van der Waals surface area contributed by atoms with Gasteiger partial charge in [-0.3, -0.25) is 10.1 Å². The van der Waals surface area contributed by atoms with Crippen LogP contribution in [0.3, 0.4) is 0 Å². The lowest BCUT2D eigenvalue weighted by molar-refractivity contribution is -0.384. The molecule has 0 atom stereocenters. The molecule has 1 saturated heterocycles. The first-order chi connectivity index (χ1) is 9.51. The lowest BCUT2D eigenvalue weighted by Crippen LogP contribution is -2.60. The van der Waals surface area contributed by atoms with E-state index in [1.54, 1.807) is 18.7 Å². The van der Waals surface area contributed by atoms with Gasteiger partial charge in [-0.05, 0) is 47.5 Å². The summed E-state index contributed by atoms with van der Waals surface area (Å²) < 4.78 is 1.56. The SMILES string of the molecule is Cc1nn(C)c(NC2CC(C)(C)NC(C)(C)C2)c1[N+](=O)[O-]. The van der Waals surface area contributed by atoms with E-state index in [-0.39, 0.29) is 27.7 Å². The first-order valence-corrected chi connectivity index (χ1v) is 7.25. The molecule has 0 aliphatic carbocycles. The van der Waals surface area contributed by atoms with Crippen LogP contribution in [0.5, 0.6) is 0 Å². The van der Waals surface area contributed by atoms with Crippen LogP contribution in [-0.2, 0) is 7.05 Å². The average molecular weight is 295 g/mol. The molecular weight excluding hydrogens is 270 g/mol. The summed E-state index contributed by atoms with van der Waals surface area (Å²) in [6.07, 6.45) is 1.80. The molecule has 2 N–H and O–H groups in total. The Morgan fingerprint density at radius 2 is 1.86 bits per heavy atom. The highest BCUT2D eigenvalue weighted by molar-refractivity contribution is 5.60. The Morgan fingerprint density at radius 3 is 2.33 bits per heavy atom. The van der Waals surface area contributed by atoms with Gasteiger partial charge in [0, 0.05) is 24.2 Å². The number of hydrogen-bond acceptors (Lipinski definition) is 5. The third kappa shape index (κ3) is 3.34. The quantitative estimate of drug-likeness (QED) is 0.660. The number of aromatic nitrogens is 2. The van der Waals surface area contributed by atoms with Gasteiger partial charge < -0.3 is 10.6 Å². The number of nitrogens with zero attached hydrogens (tertiary/aromatic N) is 3. The molecule has 1 aliphatic rings. The summed E-state index contributed by atoms with van der Waals surface area (Å²) in [5, 5.41) is 22.4. The van der Waals surface area contributed by atoms with Gasteiger partial charge >= 0.3 is 5.69 Å². The molecule has 21 heavy (non-hydrogen) atoms. The normalized spacial score (nSPS) is 21.2. The molecule has 1 aliphatic heterocycles. The van der Waals surface area contributed by atoms with E-state index >= 15 is 0 Å². The molecule has 0 spiro atoms. The number of hydrogen-bond donors (Lipinski definition) is 2. The lowest BCUT2D eigenvalue weighted by Gasteiger charge is -2.46. The zero-order chi connectivity index (χ0) is 16.0. The number of rotatable bonds is 3. The van der Waals surface area contributed by atoms with Crippen LogP contribution in [-0.4, -0.2) is 31.8 Å². The molecule has 7 heteroatoms. The van der Waals surface area contributed by atoms with E-state index in [0.29, 0.717) is 11.5 Å². The molecular formula is C14H25N5O2. The van der Waals surface area contributed by atoms with Crippen molar-refractivity contribution >= 4 is 11.5 Å². The second-order valence-electron chi connectivity index (χ2n) is 7.31. The zero-order valence-corrected chi connectivity index (χ0v) is 13.6. The molecule has 2 rings (SSSR count).